The Labute approximate surface area is 151 Å². The fourth-order valence-corrected chi connectivity index (χ4v) is 2.64. The minimum absolute atomic E-state index is 0.340. The van der Waals surface area contributed by atoms with Gasteiger partial charge < -0.3 is 14.8 Å². The van der Waals surface area contributed by atoms with Gasteiger partial charge in [0.2, 0.25) is 5.95 Å². The summed E-state index contributed by atoms with van der Waals surface area (Å²) in [5.41, 5.74) is 1.82. The largest absolute Gasteiger partial charge is 0.493 e. The van der Waals surface area contributed by atoms with Crippen LogP contribution in [-0.4, -0.2) is 35.9 Å². The zero-order chi connectivity index (χ0) is 18.4. The van der Waals surface area contributed by atoms with Gasteiger partial charge in [-0.15, -0.1) is 5.10 Å². The Morgan fingerprint density at radius 3 is 2.65 bits per heavy atom. The lowest BCUT2D eigenvalue weighted by Crippen LogP contribution is -2.10. The number of nitrogens with zero attached hydrogens (tertiary/aromatic N) is 3. The molecule has 3 rings (SSSR count). The minimum atomic E-state index is -0.347. The second-order valence-corrected chi connectivity index (χ2v) is 5.47. The number of ether oxygens (including phenoxy) is 2. The summed E-state index contributed by atoms with van der Waals surface area (Å²) in [6.45, 7) is 0.561. The molecule has 0 radical (unpaired) electrons. The van der Waals surface area contributed by atoms with Crippen molar-refractivity contribution in [2.24, 2.45) is 0 Å². The predicted molar refractivity (Wildman–Crippen MR) is 97.0 cm³/mol. The lowest BCUT2D eigenvalue weighted by molar-refractivity contribution is 0.352. The van der Waals surface area contributed by atoms with E-state index >= 15 is 0 Å². The van der Waals surface area contributed by atoms with Gasteiger partial charge in [-0.3, -0.25) is 0 Å². The maximum atomic E-state index is 13.9. The van der Waals surface area contributed by atoms with E-state index in [2.05, 4.69) is 20.5 Å². The van der Waals surface area contributed by atoms with E-state index in [4.69, 9.17) is 9.47 Å². The van der Waals surface area contributed by atoms with Crippen molar-refractivity contribution in [3.05, 3.63) is 60.0 Å². The van der Waals surface area contributed by atoms with Crippen LogP contribution < -0.4 is 14.8 Å². The molecule has 1 N–H and O–H groups in total. The van der Waals surface area contributed by atoms with Gasteiger partial charge >= 0.3 is 0 Å². The smallest absolute Gasteiger partial charge is 0.243 e. The van der Waals surface area contributed by atoms with E-state index in [9.17, 15) is 4.39 Å². The van der Waals surface area contributed by atoms with Crippen molar-refractivity contribution >= 4 is 5.95 Å². The van der Waals surface area contributed by atoms with E-state index in [-0.39, 0.29) is 5.82 Å². The molecule has 2 aromatic carbocycles. The highest BCUT2D eigenvalue weighted by molar-refractivity contribution is 5.59. The normalized spacial score (nSPS) is 10.4. The van der Waals surface area contributed by atoms with Crippen LogP contribution in [0.25, 0.3) is 11.3 Å². The van der Waals surface area contributed by atoms with Crippen molar-refractivity contribution in [3.8, 4) is 22.8 Å². The standard InChI is InChI=1S/C19H19FN4O2/c1-25-17-9-5-6-13(18(17)26-2)10-11-21-19-23-16(12-22-24-19)14-7-3-4-8-15(14)20/h3-9,12H,10-11H2,1-2H3,(H,21,23,24). The van der Waals surface area contributed by atoms with Crippen molar-refractivity contribution in [2.75, 3.05) is 26.1 Å². The third-order valence-corrected chi connectivity index (χ3v) is 3.87. The number of anilines is 1. The van der Waals surface area contributed by atoms with Crippen LogP contribution >= 0.6 is 0 Å². The van der Waals surface area contributed by atoms with Gasteiger partial charge in [-0.1, -0.05) is 24.3 Å². The molecule has 1 aromatic heterocycles. The Balaban J connectivity index is 1.70. The number of hydrogen-bond acceptors (Lipinski definition) is 6. The third kappa shape index (κ3) is 3.88. The number of hydrogen-bond donors (Lipinski definition) is 1. The summed E-state index contributed by atoms with van der Waals surface area (Å²) in [6, 6.07) is 12.2. The van der Waals surface area contributed by atoms with Crippen LogP contribution in [0.15, 0.2) is 48.7 Å². The molecule has 0 atom stereocenters. The van der Waals surface area contributed by atoms with E-state index in [1.54, 1.807) is 32.4 Å². The van der Waals surface area contributed by atoms with Gasteiger partial charge in [-0.05, 0) is 30.2 Å². The first-order valence-electron chi connectivity index (χ1n) is 8.11. The second-order valence-electron chi connectivity index (χ2n) is 5.47. The van der Waals surface area contributed by atoms with Gasteiger partial charge in [0.1, 0.15) is 5.82 Å². The molecule has 0 aliphatic carbocycles. The summed E-state index contributed by atoms with van der Waals surface area (Å²) < 4.78 is 24.6. The summed E-state index contributed by atoms with van der Waals surface area (Å²) >= 11 is 0. The van der Waals surface area contributed by atoms with Crippen LogP contribution in [0.2, 0.25) is 0 Å². The van der Waals surface area contributed by atoms with Gasteiger partial charge in [-0.25, -0.2) is 9.37 Å². The van der Waals surface area contributed by atoms with E-state index in [1.165, 1.54) is 12.3 Å². The molecule has 3 aromatic rings. The zero-order valence-electron chi connectivity index (χ0n) is 14.6. The first-order chi connectivity index (χ1) is 12.7. The van der Waals surface area contributed by atoms with Gasteiger partial charge in [0.25, 0.3) is 0 Å². The summed E-state index contributed by atoms with van der Waals surface area (Å²) in [5.74, 6) is 1.38. The van der Waals surface area contributed by atoms with Crippen LogP contribution in [0.1, 0.15) is 5.56 Å². The maximum absolute atomic E-state index is 13.9. The Hall–Kier alpha value is -3.22. The van der Waals surface area contributed by atoms with E-state index < -0.39 is 0 Å². The summed E-state index contributed by atoms with van der Waals surface area (Å²) in [5, 5.41) is 11.0. The highest BCUT2D eigenvalue weighted by Crippen LogP contribution is 2.30. The second kappa shape index (κ2) is 8.24. The molecule has 0 spiro atoms. The summed E-state index contributed by atoms with van der Waals surface area (Å²) in [7, 11) is 3.22. The number of rotatable bonds is 7. The van der Waals surface area contributed by atoms with Crippen molar-refractivity contribution in [2.45, 2.75) is 6.42 Å². The van der Waals surface area contributed by atoms with Gasteiger partial charge in [0, 0.05) is 12.1 Å². The van der Waals surface area contributed by atoms with Gasteiger partial charge in [0.15, 0.2) is 11.5 Å². The number of halogens is 1. The number of nitrogens with one attached hydrogen (secondary N) is 1. The highest BCUT2D eigenvalue weighted by Gasteiger charge is 2.10. The van der Waals surface area contributed by atoms with E-state index in [0.29, 0.717) is 41.7 Å². The third-order valence-electron chi connectivity index (χ3n) is 3.87. The quantitative estimate of drug-likeness (QED) is 0.702. The predicted octanol–water partition coefficient (Wildman–Crippen LogP) is 3.35. The molecule has 0 saturated heterocycles. The molecule has 1 heterocycles. The summed E-state index contributed by atoms with van der Waals surface area (Å²) in [4.78, 5) is 4.33. The first kappa shape index (κ1) is 17.6. The molecule has 0 amide bonds. The molecular weight excluding hydrogens is 335 g/mol. The van der Waals surface area contributed by atoms with Crippen molar-refractivity contribution in [3.63, 3.8) is 0 Å². The van der Waals surface area contributed by atoms with E-state index in [1.807, 2.05) is 18.2 Å². The number of para-hydroxylation sites is 1. The average molecular weight is 354 g/mol. The Morgan fingerprint density at radius 2 is 1.88 bits per heavy atom. The molecule has 0 fully saturated rings. The van der Waals surface area contributed by atoms with Crippen LogP contribution in [0, 0.1) is 5.82 Å². The Kier molecular flexibility index (Phi) is 5.58. The molecule has 0 unspecified atom stereocenters. The number of methoxy groups -OCH3 is 2. The fourth-order valence-electron chi connectivity index (χ4n) is 2.64. The highest BCUT2D eigenvalue weighted by atomic mass is 19.1. The van der Waals surface area contributed by atoms with Gasteiger partial charge in [-0.2, -0.15) is 5.10 Å². The van der Waals surface area contributed by atoms with Crippen LogP contribution in [0.5, 0.6) is 11.5 Å². The molecular formula is C19H19FN4O2. The molecule has 0 bridgehead atoms. The van der Waals surface area contributed by atoms with Crippen molar-refractivity contribution in [1.29, 1.82) is 0 Å². The number of benzene rings is 2. The SMILES string of the molecule is COc1cccc(CCNc2nncc(-c3ccccc3F)n2)c1OC. The van der Waals surface area contributed by atoms with Crippen LogP contribution in [0.4, 0.5) is 10.3 Å². The van der Waals surface area contributed by atoms with Crippen LogP contribution in [0.3, 0.4) is 0 Å². The fraction of sp³-hybridized carbons (Fsp3) is 0.211. The maximum Gasteiger partial charge on any atom is 0.243 e. The summed E-state index contributed by atoms with van der Waals surface area (Å²) in [6.07, 6.45) is 2.11. The monoisotopic (exact) mass is 354 g/mol. The Bertz CT molecular complexity index is 889. The topological polar surface area (TPSA) is 69.2 Å². The van der Waals surface area contributed by atoms with Crippen molar-refractivity contribution < 1.29 is 13.9 Å². The van der Waals surface area contributed by atoms with Gasteiger partial charge in [0.05, 0.1) is 26.1 Å². The Morgan fingerprint density at radius 1 is 1.04 bits per heavy atom. The molecule has 26 heavy (non-hydrogen) atoms. The lowest BCUT2D eigenvalue weighted by atomic mass is 10.1. The average Bonchev–Trinajstić information content (AvgIpc) is 2.68. The minimum Gasteiger partial charge on any atom is -0.493 e. The molecule has 7 heteroatoms. The zero-order valence-corrected chi connectivity index (χ0v) is 14.6. The molecule has 0 saturated carbocycles. The molecule has 6 nitrogen and oxygen atoms in total. The van der Waals surface area contributed by atoms with E-state index in [0.717, 1.165) is 5.56 Å². The lowest BCUT2D eigenvalue weighted by Gasteiger charge is -2.12. The first-order valence-corrected chi connectivity index (χ1v) is 8.11. The molecule has 0 aliphatic rings. The van der Waals surface area contributed by atoms with Crippen molar-refractivity contribution in [1.82, 2.24) is 15.2 Å². The molecule has 0 aliphatic heterocycles. The molecule has 134 valence electrons. The number of aromatic nitrogens is 3. The van der Waals surface area contributed by atoms with Crippen LogP contribution in [-0.2, 0) is 6.42 Å².